The molecule has 3 aliphatic rings. The van der Waals surface area contributed by atoms with E-state index in [2.05, 4.69) is 240 Å². The number of fused-ring (bicyclic) bond motifs is 6. The van der Waals surface area contributed by atoms with Crippen molar-refractivity contribution in [3.8, 4) is 50.2 Å². The van der Waals surface area contributed by atoms with Gasteiger partial charge in [0, 0.05) is 33.8 Å². The number of hydrogen-bond donors (Lipinski definition) is 0. The Hall–Kier alpha value is -7.68. The summed E-state index contributed by atoms with van der Waals surface area (Å²) in [5.74, 6) is 0.237. The highest BCUT2D eigenvalue weighted by atomic mass is 15.2. The molecule has 294 valence electrons. The fraction of sp³-hybridized carbons (Fsp3) is 0.0667. The van der Waals surface area contributed by atoms with Gasteiger partial charge in [-0.3, -0.25) is 0 Å². The number of rotatable bonds is 7. The van der Waals surface area contributed by atoms with Crippen LogP contribution in [-0.4, -0.2) is 10.6 Å². The van der Waals surface area contributed by atoms with Crippen LogP contribution < -0.4 is 4.90 Å². The van der Waals surface area contributed by atoms with Crippen molar-refractivity contribution in [3.05, 3.63) is 242 Å². The van der Waals surface area contributed by atoms with E-state index in [4.69, 9.17) is 0 Å². The van der Waals surface area contributed by atoms with Gasteiger partial charge in [-0.1, -0.05) is 164 Å². The van der Waals surface area contributed by atoms with Crippen LogP contribution in [0.5, 0.6) is 0 Å². The Morgan fingerprint density at radius 1 is 0.403 bits per heavy atom. The third kappa shape index (κ3) is 6.26. The topological polar surface area (TPSA) is 8.17 Å². The van der Waals surface area contributed by atoms with Gasteiger partial charge in [-0.05, 0) is 141 Å². The number of hydrogen-bond acceptors (Lipinski definition) is 1. The Kier molecular flexibility index (Phi) is 8.81. The molecule has 9 aromatic rings. The van der Waals surface area contributed by atoms with Crippen LogP contribution in [0.15, 0.2) is 231 Å². The van der Waals surface area contributed by atoms with Gasteiger partial charge < -0.3 is 9.47 Å². The minimum absolute atomic E-state index is 0.178. The van der Waals surface area contributed by atoms with Crippen LogP contribution in [-0.2, 0) is 0 Å². The van der Waals surface area contributed by atoms with Crippen molar-refractivity contribution in [2.45, 2.75) is 24.8 Å². The molecule has 0 saturated carbocycles. The third-order valence-electron chi connectivity index (χ3n) is 13.1. The van der Waals surface area contributed by atoms with Gasteiger partial charge in [0.05, 0.1) is 17.1 Å². The van der Waals surface area contributed by atoms with E-state index >= 15 is 0 Å². The van der Waals surface area contributed by atoms with Crippen molar-refractivity contribution in [2.24, 2.45) is 0 Å². The average molecular weight is 793 g/mol. The summed E-state index contributed by atoms with van der Waals surface area (Å²) in [5, 5.41) is 2.52. The largest absolute Gasteiger partial charge is 0.333 e. The van der Waals surface area contributed by atoms with Crippen molar-refractivity contribution >= 4 is 38.8 Å². The number of para-hydroxylation sites is 1. The quantitative estimate of drug-likeness (QED) is 0.156. The molecule has 0 amide bonds. The van der Waals surface area contributed by atoms with E-state index in [-0.39, 0.29) is 12.0 Å². The van der Waals surface area contributed by atoms with Crippen molar-refractivity contribution in [1.29, 1.82) is 0 Å². The predicted molar refractivity (Wildman–Crippen MR) is 262 cm³/mol. The lowest BCUT2D eigenvalue weighted by molar-refractivity contribution is 0.745. The van der Waals surface area contributed by atoms with Crippen LogP contribution in [0.3, 0.4) is 0 Å². The van der Waals surface area contributed by atoms with E-state index < -0.39 is 0 Å². The van der Waals surface area contributed by atoms with E-state index in [0.29, 0.717) is 0 Å². The van der Waals surface area contributed by atoms with Crippen molar-refractivity contribution in [3.63, 3.8) is 0 Å². The highest BCUT2D eigenvalue weighted by molar-refractivity contribution is 6.10. The maximum absolute atomic E-state index is 2.57. The zero-order valence-electron chi connectivity index (χ0n) is 34.4. The molecule has 0 fully saturated rings. The summed E-state index contributed by atoms with van der Waals surface area (Å²) in [6.07, 6.45) is 18.3. The van der Waals surface area contributed by atoms with E-state index in [9.17, 15) is 0 Å². The lowest BCUT2D eigenvalue weighted by atomic mass is 9.89. The van der Waals surface area contributed by atoms with Crippen molar-refractivity contribution in [1.82, 2.24) is 4.57 Å². The Balaban J connectivity index is 0.983. The first-order chi connectivity index (χ1) is 30.7. The Labute approximate surface area is 363 Å². The molecule has 2 atom stereocenters. The van der Waals surface area contributed by atoms with Gasteiger partial charge in [-0.2, -0.15) is 0 Å². The summed E-state index contributed by atoms with van der Waals surface area (Å²) < 4.78 is 2.47. The molecule has 2 nitrogen and oxygen atoms in total. The first kappa shape index (κ1) is 36.2. The number of nitrogens with zero attached hydrogens (tertiary/aromatic N) is 2. The molecule has 8 aromatic carbocycles. The SMILES string of the molecule is C1=CC2c3cc(-c4ccc5c(c4)c4ccccc4n5-c4cc(C5=CCCC=C5)cc(-c5ccccc5)c4)ccc3N(c3cc(-c4ccccc4)cc(-c4ccccc4)c3)C2C=C1. The third-order valence-corrected chi connectivity index (χ3v) is 13.1. The molecular weight excluding hydrogens is 749 g/mol. The Bertz CT molecular complexity index is 3230. The highest BCUT2D eigenvalue weighted by Crippen LogP contribution is 2.50. The monoisotopic (exact) mass is 792 g/mol. The molecule has 12 rings (SSSR count). The van der Waals surface area contributed by atoms with E-state index in [1.54, 1.807) is 0 Å². The van der Waals surface area contributed by atoms with E-state index in [1.165, 1.54) is 100 Å². The fourth-order valence-corrected chi connectivity index (χ4v) is 10.1. The molecule has 2 heteroatoms. The minimum atomic E-state index is 0.178. The van der Waals surface area contributed by atoms with Crippen LogP contribution in [0, 0.1) is 0 Å². The number of benzene rings is 8. The molecule has 1 aliphatic heterocycles. The zero-order chi connectivity index (χ0) is 41.0. The van der Waals surface area contributed by atoms with E-state index in [1.807, 2.05) is 0 Å². The minimum Gasteiger partial charge on any atom is -0.333 e. The summed E-state index contributed by atoms with van der Waals surface area (Å²) in [5.41, 5.74) is 19.7. The molecule has 0 radical (unpaired) electrons. The first-order valence-corrected chi connectivity index (χ1v) is 21.9. The second-order valence-electron chi connectivity index (χ2n) is 16.8. The predicted octanol–water partition coefficient (Wildman–Crippen LogP) is 15.9. The van der Waals surface area contributed by atoms with Gasteiger partial charge in [0.25, 0.3) is 0 Å². The molecule has 1 aromatic heterocycles. The molecule has 0 saturated heterocycles. The van der Waals surface area contributed by atoms with Gasteiger partial charge in [0.2, 0.25) is 0 Å². The Morgan fingerprint density at radius 3 is 1.68 bits per heavy atom. The molecule has 0 spiro atoms. The Morgan fingerprint density at radius 2 is 0.984 bits per heavy atom. The standard InChI is InChI=1S/C60H44N2/c1-5-17-41(18-6-1)47-33-48(42-19-7-2-8-20-42)36-51(35-47)61-57-27-15-13-25-53(57)55-39-45(29-31-59(55)61)46-30-32-60-56(40-46)54-26-14-16-28-58(54)62(60)52-37-49(43-21-9-3-10-22-43)34-50(38-52)44-23-11-4-12-24-44/h1-3,5-11,13-40,53,57H,4,12H2. The van der Waals surface area contributed by atoms with Gasteiger partial charge in [-0.25, -0.2) is 0 Å². The molecule has 2 unspecified atom stereocenters. The summed E-state index contributed by atoms with van der Waals surface area (Å²) >= 11 is 0. The molecule has 2 heterocycles. The van der Waals surface area contributed by atoms with Gasteiger partial charge in [-0.15, -0.1) is 0 Å². The van der Waals surface area contributed by atoms with Crippen LogP contribution >= 0.6 is 0 Å². The maximum Gasteiger partial charge on any atom is 0.0629 e. The normalized spacial score (nSPS) is 16.5. The summed E-state index contributed by atoms with van der Waals surface area (Å²) in [4.78, 5) is 2.57. The zero-order valence-corrected chi connectivity index (χ0v) is 34.4. The van der Waals surface area contributed by atoms with Crippen LogP contribution in [0.25, 0.3) is 77.6 Å². The average Bonchev–Trinajstić information content (AvgIpc) is 3.87. The van der Waals surface area contributed by atoms with E-state index in [0.717, 1.165) is 12.8 Å². The smallest absolute Gasteiger partial charge is 0.0629 e. The second kappa shape index (κ2) is 15.1. The van der Waals surface area contributed by atoms with Gasteiger partial charge >= 0.3 is 0 Å². The number of anilines is 2. The van der Waals surface area contributed by atoms with Crippen molar-refractivity contribution in [2.75, 3.05) is 4.90 Å². The number of aromatic nitrogens is 1. The fourth-order valence-electron chi connectivity index (χ4n) is 10.1. The van der Waals surface area contributed by atoms with Crippen molar-refractivity contribution < 1.29 is 0 Å². The first-order valence-electron chi connectivity index (χ1n) is 21.9. The van der Waals surface area contributed by atoms with Crippen LogP contribution in [0.1, 0.15) is 29.9 Å². The molecule has 0 bridgehead atoms. The lowest BCUT2D eigenvalue weighted by Gasteiger charge is -2.29. The van der Waals surface area contributed by atoms with Crippen LogP contribution in [0.2, 0.25) is 0 Å². The second-order valence-corrected chi connectivity index (χ2v) is 16.8. The van der Waals surface area contributed by atoms with Gasteiger partial charge in [0.15, 0.2) is 0 Å². The lowest BCUT2D eigenvalue weighted by Crippen LogP contribution is -2.28. The summed E-state index contributed by atoms with van der Waals surface area (Å²) in [6, 6.07) is 69.8. The summed E-state index contributed by atoms with van der Waals surface area (Å²) in [6.45, 7) is 0. The van der Waals surface area contributed by atoms with Gasteiger partial charge in [0.1, 0.15) is 0 Å². The van der Waals surface area contributed by atoms with Crippen LogP contribution in [0.4, 0.5) is 11.4 Å². The molecule has 0 N–H and O–H groups in total. The maximum atomic E-state index is 2.57. The summed E-state index contributed by atoms with van der Waals surface area (Å²) in [7, 11) is 0. The molecule has 62 heavy (non-hydrogen) atoms. The highest BCUT2D eigenvalue weighted by Gasteiger charge is 2.38. The molecule has 2 aliphatic carbocycles. The number of allylic oxidation sites excluding steroid dienone is 6. The molecular formula is C60H44N2.